The SMILES string of the molecule is CC(C)(C)N1CCc2c(Cc3ccccc3)cccc21. The second-order valence-electron chi connectivity index (χ2n) is 6.65. The molecule has 0 atom stereocenters. The zero-order chi connectivity index (χ0) is 14.2. The predicted molar refractivity (Wildman–Crippen MR) is 86.5 cm³/mol. The van der Waals surface area contributed by atoms with Gasteiger partial charge in [0.15, 0.2) is 0 Å². The first-order valence-corrected chi connectivity index (χ1v) is 7.48. The molecule has 2 aromatic carbocycles. The van der Waals surface area contributed by atoms with Gasteiger partial charge < -0.3 is 4.90 Å². The van der Waals surface area contributed by atoms with E-state index in [-0.39, 0.29) is 5.54 Å². The number of nitrogens with zero attached hydrogens (tertiary/aromatic N) is 1. The summed E-state index contributed by atoms with van der Waals surface area (Å²) in [6.07, 6.45) is 2.22. The Kier molecular flexibility index (Phi) is 3.29. The molecule has 0 fully saturated rings. The monoisotopic (exact) mass is 265 g/mol. The zero-order valence-corrected chi connectivity index (χ0v) is 12.7. The summed E-state index contributed by atoms with van der Waals surface area (Å²) in [6, 6.07) is 17.5. The minimum atomic E-state index is 0.205. The molecular weight excluding hydrogens is 242 g/mol. The molecule has 0 aromatic heterocycles. The minimum absolute atomic E-state index is 0.205. The van der Waals surface area contributed by atoms with E-state index in [1.807, 2.05) is 0 Å². The number of hydrogen-bond donors (Lipinski definition) is 0. The largest absolute Gasteiger partial charge is 0.366 e. The minimum Gasteiger partial charge on any atom is -0.366 e. The third kappa shape index (κ3) is 2.45. The Morgan fingerprint density at radius 3 is 2.40 bits per heavy atom. The van der Waals surface area contributed by atoms with E-state index < -0.39 is 0 Å². The van der Waals surface area contributed by atoms with Crippen molar-refractivity contribution in [2.45, 2.75) is 39.2 Å². The number of rotatable bonds is 2. The van der Waals surface area contributed by atoms with Crippen LogP contribution in [0, 0.1) is 0 Å². The van der Waals surface area contributed by atoms with Gasteiger partial charge in [-0.3, -0.25) is 0 Å². The van der Waals surface area contributed by atoms with Crippen LogP contribution in [0.2, 0.25) is 0 Å². The molecule has 1 aliphatic rings. The maximum absolute atomic E-state index is 2.54. The van der Waals surface area contributed by atoms with Gasteiger partial charge in [-0.15, -0.1) is 0 Å². The predicted octanol–water partition coefficient (Wildman–Crippen LogP) is 4.44. The zero-order valence-electron chi connectivity index (χ0n) is 12.7. The van der Waals surface area contributed by atoms with E-state index in [4.69, 9.17) is 0 Å². The molecule has 0 bridgehead atoms. The first-order chi connectivity index (χ1) is 9.55. The maximum atomic E-state index is 2.54. The van der Waals surface area contributed by atoms with Crippen molar-refractivity contribution in [2.24, 2.45) is 0 Å². The van der Waals surface area contributed by atoms with Crippen LogP contribution in [-0.2, 0) is 12.8 Å². The highest BCUT2D eigenvalue weighted by molar-refractivity contribution is 5.62. The Morgan fingerprint density at radius 2 is 1.70 bits per heavy atom. The van der Waals surface area contributed by atoms with E-state index in [9.17, 15) is 0 Å². The number of fused-ring (bicyclic) bond motifs is 1. The Hall–Kier alpha value is -1.76. The lowest BCUT2D eigenvalue weighted by Crippen LogP contribution is -2.40. The van der Waals surface area contributed by atoms with E-state index >= 15 is 0 Å². The standard InChI is InChI=1S/C19H23N/c1-19(2,3)20-13-12-17-16(10-7-11-18(17)20)14-15-8-5-4-6-9-15/h4-11H,12-14H2,1-3H3. The van der Waals surface area contributed by atoms with Gasteiger partial charge >= 0.3 is 0 Å². The summed E-state index contributed by atoms with van der Waals surface area (Å²) in [5.74, 6) is 0. The Balaban J connectivity index is 1.94. The lowest BCUT2D eigenvalue weighted by atomic mass is 9.98. The van der Waals surface area contributed by atoms with Crippen LogP contribution in [0.15, 0.2) is 48.5 Å². The highest BCUT2D eigenvalue weighted by Crippen LogP contribution is 2.36. The summed E-state index contributed by atoms with van der Waals surface area (Å²) in [5.41, 5.74) is 6.07. The van der Waals surface area contributed by atoms with Crippen molar-refractivity contribution in [1.82, 2.24) is 0 Å². The van der Waals surface area contributed by atoms with Crippen LogP contribution in [0.25, 0.3) is 0 Å². The van der Waals surface area contributed by atoms with Gasteiger partial charge in [0.1, 0.15) is 0 Å². The Morgan fingerprint density at radius 1 is 0.950 bits per heavy atom. The van der Waals surface area contributed by atoms with E-state index in [0.717, 1.165) is 13.0 Å². The number of hydrogen-bond acceptors (Lipinski definition) is 1. The molecule has 20 heavy (non-hydrogen) atoms. The highest BCUT2D eigenvalue weighted by atomic mass is 15.2. The molecule has 0 N–H and O–H groups in total. The van der Waals surface area contributed by atoms with Crippen LogP contribution < -0.4 is 4.90 Å². The van der Waals surface area contributed by atoms with E-state index in [1.54, 1.807) is 5.56 Å². The summed E-state index contributed by atoms with van der Waals surface area (Å²) >= 11 is 0. The normalized spacial score (nSPS) is 14.4. The third-order valence-corrected chi connectivity index (χ3v) is 4.17. The van der Waals surface area contributed by atoms with Crippen molar-refractivity contribution in [2.75, 3.05) is 11.4 Å². The molecule has 0 saturated heterocycles. The second kappa shape index (κ2) is 4.97. The summed E-state index contributed by atoms with van der Waals surface area (Å²) in [4.78, 5) is 2.54. The number of anilines is 1. The summed E-state index contributed by atoms with van der Waals surface area (Å²) in [6.45, 7) is 8.04. The van der Waals surface area contributed by atoms with Crippen LogP contribution in [-0.4, -0.2) is 12.1 Å². The highest BCUT2D eigenvalue weighted by Gasteiger charge is 2.29. The van der Waals surface area contributed by atoms with Crippen LogP contribution in [0.4, 0.5) is 5.69 Å². The molecule has 1 heterocycles. The topological polar surface area (TPSA) is 3.24 Å². The molecule has 1 nitrogen and oxygen atoms in total. The second-order valence-corrected chi connectivity index (χ2v) is 6.65. The van der Waals surface area contributed by atoms with Crippen molar-refractivity contribution in [3.05, 3.63) is 65.2 Å². The molecule has 0 aliphatic carbocycles. The maximum Gasteiger partial charge on any atom is 0.0406 e. The molecule has 0 amide bonds. The Labute approximate surface area is 122 Å². The Bertz CT molecular complexity index is 593. The first-order valence-electron chi connectivity index (χ1n) is 7.48. The van der Waals surface area contributed by atoms with Crippen LogP contribution >= 0.6 is 0 Å². The van der Waals surface area contributed by atoms with Gasteiger partial charge in [0.05, 0.1) is 0 Å². The average molecular weight is 265 g/mol. The van der Waals surface area contributed by atoms with Crippen LogP contribution in [0.5, 0.6) is 0 Å². The summed E-state index contributed by atoms with van der Waals surface area (Å²) < 4.78 is 0. The molecule has 0 saturated carbocycles. The van der Waals surface area contributed by atoms with Gasteiger partial charge in [-0.05, 0) is 56.4 Å². The van der Waals surface area contributed by atoms with Gasteiger partial charge in [-0.1, -0.05) is 42.5 Å². The third-order valence-electron chi connectivity index (χ3n) is 4.17. The van der Waals surface area contributed by atoms with E-state index in [1.165, 1.54) is 23.2 Å². The fourth-order valence-electron chi connectivity index (χ4n) is 3.18. The molecule has 2 aromatic rings. The van der Waals surface area contributed by atoms with Crippen molar-refractivity contribution >= 4 is 5.69 Å². The van der Waals surface area contributed by atoms with Gasteiger partial charge in [0.25, 0.3) is 0 Å². The van der Waals surface area contributed by atoms with Crippen molar-refractivity contribution in [3.8, 4) is 0 Å². The molecule has 104 valence electrons. The molecular formula is C19H23N. The van der Waals surface area contributed by atoms with Gasteiger partial charge in [-0.25, -0.2) is 0 Å². The summed E-state index contributed by atoms with van der Waals surface area (Å²) in [7, 11) is 0. The summed E-state index contributed by atoms with van der Waals surface area (Å²) in [5, 5.41) is 0. The molecule has 0 radical (unpaired) electrons. The van der Waals surface area contributed by atoms with Crippen molar-refractivity contribution < 1.29 is 0 Å². The fourth-order valence-corrected chi connectivity index (χ4v) is 3.18. The van der Waals surface area contributed by atoms with Gasteiger partial charge in [-0.2, -0.15) is 0 Å². The molecule has 1 aliphatic heterocycles. The first kappa shape index (κ1) is 13.2. The average Bonchev–Trinajstić information content (AvgIpc) is 2.85. The smallest absolute Gasteiger partial charge is 0.0406 e. The van der Waals surface area contributed by atoms with Crippen molar-refractivity contribution in [1.29, 1.82) is 0 Å². The lowest BCUT2D eigenvalue weighted by molar-refractivity contribution is 0.518. The quantitative estimate of drug-likeness (QED) is 0.776. The van der Waals surface area contributed by atoms with E-state index in [0.29, 0.717) is 0 Å². The van der Waals surface area contributed by atoms with Gasteiger partial charge in [0, 0.05) is 17.8 Å². The number of benzene rings is 2. The van der Waals surface area contributed by atoms with Crippen LogP contribution in [0.1, 0.15) is 37.5 Å². The fraction of sp³-hybridized carbons (Fsp3) is 0.368. The molecule has 0 spiro atoms. The van der Waals surface area contributed by atoms with Gasteiger partial charge in [0.2, 0.25) is 0 Å². The van der Waals surface area contributed by atoms with Crippen molar-refractivity contribution in [3.63, 3.8) is 0 Å². The molecule has 3 rings (SSSR count). The van der Waals surface area contributed by atoms with Crippen LogP contribution in [0.3, 0.4) is 0 Å². The lowest BCUT2D eigenvalue weighted by Gasteiger charge is -2.34. The molecule has 1 heteroatoms. The molecule has 0 unspecified atom stereocenters. The van der Waals surface area contributed by atoms with E-state index in [2.05, 4.69) is 74.2 Å².